The topological polar surface area (TPSA) is 105 Å². The fourth-order valence-electron chi connectivity index (χ4n) is 2.41. The van der Waals surface area contributed by atoms with E-state index >= 15 is 0 Å². The number of amides is 2. The Labute approximate surface area is 172 Å². The van der Waals surface area contributed by atoms with E-state index in [1.807, 2.05) is 36.4 Å². The summed E-state index contributed by atoms with van der Waals surface area (Å²) in [5.74, 6) is 0.303. The van der Waals surface area contributed by atoms with Gasteiger partial charge in [0.05, 0.1) is 7.11 Å². The number of carbonyl (C=O) groups is 2. The van der Waals surface area contributed by atoms with Crippen LogP contribution in [-0.4, -0.2) is 35.4 Å². The maximum absolute atomic E-state index is 12.2. The van der Waals surface area contributed by atoms with Crippen LogP contribution in [0.2, 0.25) is 0 Å². The number of hydrogen-bond donors (Lipinski definition) is 3. The zero-order valence-corrected chi connectivity index (χ0v) is 16.7. The first-order valence-electron chi connectivity index (χ1n) is 8.94. The van der Waals surface area contributed by atoms with E-state index in [-0.39, 0.29) is 24.8 Å². The Hall–Kier alpha value is -3.46. The van der Waals surface area contributed by atoms with E-state index in [1.54, 1.807) is 24.9 Å². The van der Waals surface area contributed by atoms with Crippen molar-refractivity contribution >= 4 is 34.0 Å². The van der Waals surface area contributed by atoms with Crippen LogP contribution in [0, 0.1) is 0 Å². The summed E-state index contributed by atoms with van der Waals surface area (Å²) in [5, 5.41) is 10.9. The van der Waals surface area contributed by atoms with E-state index in [0.29, 0.717) is 17.4 Å². The molecule has 2 heterocycles. The molecular weight excluding hydrogens is 390 g/mol. The number of ether oxygens (including phenoxy) is 1. The first-order valence-corrected chi connectivity index (χ1v) is 9.82. The normalized spacial score (nSPS) is 10.2. The molecule has 0 atom stereocenters. The molecule has 0 saturated carbocycles. The van der Waals surface area contributed by atoms with Crippen LogP contribution in [-0.2, 0) is 11.3 Å². The summed E-state index contributed by atoms with van der Waals surface area (Å²) in [6, 6.07) is 11.1. The van der Waals surface area contributed by atoms with Crippen LogP contribution >= 0.6 is 11.3 Å². The number of methoxy groups -OCH3 is 1. The molecule has 8 nitrogen and oxygen atoms in total. The van der Waals surface area contributed by atoms with Gasteiger partial charge in [0.15, 0.2) is 5.13 Å². The maximum Gasteiger partial charge on any atom is 0.270 e. The highest BCUT2D eigenvalue weighted by molar-refractivity contribution is 7.14. The molecule has 0 radical (unpaired) electrons. The monoisotopic (exact) mass is 411 g/mol. The van der Waals surface area contributed by atoms with Crippen molar-refractivity contribution in [3.63, 3.8) is 0 Å². The number of benzene rings is 1. The lowest BCUT2D eigenvalue weighted by atomic mass is 10.3. The van der Waals surface area contributed by atoms with Gasteiger partial charge < -0.3 is 20.7 Å². The van der Waals surface area contributed by atoms with Crippen LogP contribution in [0.5, 0.6) is 5.75 Å². The van der Waals surface area contributed by atoms with Gasteiger partial charge in [-0.15, -0.1) is 11.3 Å². The molecular formula is C20H21N5O3S. The van der Waals surface area contributed by atoms with Gasteiger partial charge in [0, 0.05) is 43.0 Å². The van der Waals surface area contributed by atoms with E-state index in [2.05, 4.69) is 25.9 Å². The van der Waals surface area contributed by atoms with Gasteiger partial charge in [-0.1, -0.05) is 6.07 Å². The molecule has 150 valence electrons. The van der Waals surface area contributed by atoms with Gasteiger partial charge in [-0.3, -0.25) is 14.6 Å². The van der Waals surface area contributed by atoms with Crippen LogP contribution in [0.4, 0.5) is 10.8 Å². The smallest absolute Gasteiger partial charge is 0.270 e. The van der Waals surface area contributed by atoms with Gasteiger partial charge >= 0.3 is 0 Å². The molecule has 3 aromatic rings. The van der Waals surface area contributed by atoms with Gasteiger partial charge in [0.2, 0.25) is 5.91 Å². The number of thiazole rings is 1. The van der Waals surface area contributed by atoms with Crippen molar-refractivity contribution in [3.8, 4) is 5.75 Å². The molecule has 9 heteroatoms. The highest BCUT2D eigenvalue weighted by Crippen LogP contribution is 2.22. The molecule has 3 rings (SSSR count). The number of nitrogens with one attached hydrogen (secondary N) is 3. The molecule has 0 fully saturated rings. The Morgan fingerprint density at radius 2 is 1.97 bits per heavy atom. The summed E-state index contributed by atoms with van der Waals surface area (Å²) in [6.07, 6.45) is 3.56. The molecule has 1 aromatic carbocycles. The van der Waals surface area contributed by atoms with Crippen molar-refractivity contribution in [1.82, 2.24) is 20.6 Å². The molecule has 0 aliphatic rings. The predicted octanol–water partition coefficient (Wildman–Crippen LogP) is 2.73. The second-order valence-corrected chi connectivity index (χ2v) is 6.89. The van der Waals surface area contributed by atoms with Crippen LogP contribution in [0.3, 0.4) is 0 Å². The summed E-state index contributed by atoms with van der Waals surface area (Å²) in [5.41, 5.74) is 2.07. The molecule has 0 aliphatic heterocycles. The van der Waals surface area contributed by atoms with Gasteiger partial charge in [-0.2, -0.15) is 0 Å². The van der Waals surface area contributed by atoms with E-state index in [1.165, 1.54) is 11.3 Å². The number of rotatable bonds is 9. The lowest BCUT2D eigenvalue weighted by molar-refractivity contribution is -0.121. The van der Waals surface area contributed by atoms with E-state index in [9.17, 15) is 9.59 Å². The van der Waals surface area contributed by atoms with Gasteiger partial charge in [0.1, 0.15) is 11.4 Å². The van der Waals surface area contributed by atoms with E-state index in [0.717, 1.165) is 17.0 Å². The van der Waals surface area contributed by atoms with E-state index in [4.69, 9.17) is 4.74 Å². The Balaban J connectivity index is 1.41. The first kappa shape index (κ1) is 20.3. The highest BCUT2D eigenvalue weighted by Gasteiger charge is 2.11. The number of carbonyl (C=O) groups excluding carboxylic acids is 2. The number of nitrogens with zero attached hydrogens (tertiary/aromatic N) is 2. The predicted molar refractivity (Wildman–Crippen MR) is 111 cm³/mol. The zero-order valence-electron chi connectivity index (χ0n) is 15.8. The fraction of sp³-hybridized carbons (Fsp3) is 0.200. The van der Waals surface area contributed by atoms with Crippen LogP contribution in [0.1, 0.15) is 22.5 Å². The Kier molecular flexibility index (Phi) is 7.12. The number of aromatic nitrogens is 2. The molecule has 0 spiro atoms. The summed E-state index contributed by atoms with van der Waals surface area (Å²) in [7, 11) is 1.61. The number of pyridine rings is 1. The van der Waals surface area contributed by atoms with Crippen molar-refractivity contribution in [1.29, 1.82) is 0 Å². The summed E-state index contributed by atoms with van der Waals surface area (Å²) < 4.78 is 5.12. The summed E-state index contributed by atoms with van der Waals surface area (Å²) >= 11 is 1.33. The highest BCUT2D eigenvalue weighted by atomic mass is 32.1. The maximum atomic E-state index is 12.2. The van der Waals surface area contributed by atoms with Crippen molar-refractivity contribution in [2.75, 3.05) is 19.0 Å². The number of anilines is 2. The summed E-state index contributed by atoms with van der Waals surface area (Å²) in [6.45, 7) is 0.642. The van der Waals surface area contributed by atoms with Crippen molar-refractivity contribution in [2.45, 2.75) is 13.0 Å². The Bertz CT molecular complexity index is 944. The number of hydrogen-bond acceptors (Lipinski definition) is 7. The fourth-order valence-corrected chi connectivity index (χ4v) is 3.12. The van der Waals surface area contributed by atoms with Crippen molar-refractivity contribution in [2.24, 2.45) is 0 Å². The quantitative estimate of drug-likeness (QED) is 0.500. The zero-order chi connectivity index (χ0) is 20.5. The van der Waals surface area contributed by atoms with Crippen molar-refractivity contribution in [3.05, 3.63) is 65.4 Å². The second-order valence-electron chi connectivity index (χ2n) is 6.04. The third kappa shape index (κ3) is 6.28. The summed E-state index contributed by atoms with van der Waals surface area (Å²) in [4.78, 5) is 32.3. The van der Waals surface area contributed by atoms with Crippen LogP contribution in [0.25, 0.3) is 0 Å². The largest absolute Gasteiger partial charge is 0.497 e. The average molecular weight is 411 g/mol. The molecule has 0 aliphatic carbocycles. The Morgan fingerprint density at radius 1 is 1.14 bits per heavy atom. The molecule has 3 N–H and O–H groups in total. The molecule has 0 unspecified atom stereocenters. The third-order valence-corrected chi connectivity index (χ3v) is 4.69. The van der Waals surface area contributed by atoms with Gasteiger partial charge in [-0.25, -0.2) is 4.98 Å². The van der Waals surface area contributed by atoms with Crippen LogP contribution < -0.4 is 20.7 Å². The lowest BCUT2D eigenvalue weighted by Crippen LogP contribution is -2.30. The molecule has 2 aromatic heterocycles. The second kappa shape index (κ2) is 10.2. The van der Waals surface area contributed by atoms with Gasteiger partial charge in [0.25, 0.3) is 5.91 Å². The minimum atomic E-state index is -0.316. The lowest BCUT2D eigenvalue weighted by Gasteiger charge is -2.06. The van der Waals surface area contributed by atoms with Gasteiger partial charge in [-0.05, 0) is 35.9 Å². The molecule has 2 amide bonds. The molecule has 0 bridgehead atoms. The van der Waals surface area contributed by atoms with Crippen LogP contribution in [0.15, 0.2) is 54.2 Å². The third-order valence-electron chi connectivity index (χ3n) is 3.93. The van der Waals surface area contributed by atoms with Crippen molar-refractivity contribution < 1.29 is 14.3 Å². The molecule has 29 heavy (non-hydrogen) atoms. The first-order chi connectivity index (χ1) is 14.1. The molecule has 0 saturated heterocycles. The standard InChI is InChI=1S/C20H21N5O3S/c1-28-16-6-4-15(5-7-16)24-20-25-17(13-29-20)19(27)22-10-8-18(26)23-12-14-3-2-9-21-11-14/h2-7,9,11,13H,8,10,12H2,1H3,(H,22,27)(H,23,26)(H,24,25). The average Bonchev–Trinajstić information content (AvgIpc) is 3.22. The Morgan fingerprint density at radius 3 is 2.69 bits per heavy atom. The minimum absolute atomic E-state index is 0.144. The van der Waals surface area contributed by atoms with E-state index < -0.39 is 0 Å². The SMILES string of the molecule is COc1ccc(Nc2nc(C(=O)NCCC(=O)NCc3cccnc3)cs2)cc1. The minimum Gasteiger partial charge on any atom is -0.497 e.